The number of ether oxygens (including phenoxy) is 2. The Hall–Kier alpha value is -2.21. The monoisotopic (exact) mass is 402 g/mol. The zero-order valence-electron chi connectivity index (χ0n) is 14.3. The van der Waals surface area contributed by atoms with Gasteiger partial charge in [0.1, 0.15) is 0 Å². The number of aryl methyl sites for hydroxylation is 1. The number of fused-ring (bicyclic) bond motifs is 4. The van der Waals surface area contributed by atoms with E-state index in [9.17, 15) is 4.79 Å². The van der Waals surface area contributed by atoms with E-state index in [2.05, 4.69) is 21.2 Å². The Morgan fingerprint density at radius 3 is 2.84 bits per heavy atom. The highest BCUT2D eigenvalue weighted by Gasteiger charge is 2.51. The fourth-order valence-corrected chi connectivity index (χ4v) is 4.19. The Morgan fingerprint density at radius 2 is 2.12 bits per heavy atom. The first-order valence-corrected chi connectivity index (χ1v) is 8.95. The maximum absolute atomic E-state index is 12.9. The maximum atomic E-state index is 12.9. The number of methoxy groups -OCH3 is 1. The van der Waals surface area contributed by atoms with Gasteiger partial charge in [0.15, 0.2) is 17.2 Å². The van der Waals surface area contributed by atoms with Crippen LogP contribution in [0.15, 0.2) is 40.9 Å². The molecular weight excluding hydrogens is 384 g/mol. The molecule has 2 bridgehead atoms. The quantitative estimate of drug-likeness (QED) is 0.802. The number of urea groups is 1. The summed E-state index contributed by atoms with van der Waals surface area (Å²) >= 11 is 3.50. The van der Waals surface area contributed by atoms with Gasteiger partial charge in [-0.2, -0.15) is 0 Å². The van der Waals surface area contributed by atoms with Crippen LogP contribution in [0.3, 0.4) is 0 Å². The van der Waals surface area contributed by atoms with Crippen LogP contribution in [0.5, 0.6) is 11.5 Å². The molecule has 1 saturated heterocycles. The lowest BCUT2D eigenvalue weighted by atomic mass is 9.89. The third-order valence-electron chi connectivity index (χ3n) is 4.88. The molecule has 2 atom stereocenters. The number of para-hydroxylation sites is 1. The van der Waals surface area contributed by atoms with E-state index in [4.69, 9.17) is 9.47 Å². The van der Waals surface area contributed by atoms with Crippen molar-refractivity contribution in [2.45, 2.75) is 32.0 Å². The molecule has 2 aliphatic rings. The smallest absolute Gasteiger partial charge is 0.325 e. The van der Waals surface area contributed by atoms with Crippen molar-refractivity contribution >= 4 is 27.6 Å². The SMILES string of the molecule is COc1cc(Br)cc2c1O[C@]1(C)C[C@@H]2NC(=O)N1c1ccccc1C. The number of rotatable bonds is 2. The van der Waals surface area contributed by atoms with Gasteiger partial charge < -0.3 is 14.8 Å². The highest BCUT2D eigenvalue weighted by atomic mass is 79.9. The van der Waals surface area contributed by atoms with Crippen molar-refractivity contribution in [3.63, 3.8) is 0 Å². The van der Waals surface area contributed by atoms with Gasteiger partial charge in [-0.1, -0.05) is 34.1 Å². The molecule has 0 spiro atoms. The summed E-state index contributed by atoms with van der Waals surface area (Å²) in [5, 5.41) is 3.11. The lowest BCUT2D eigenvalue weighted by Crippen LogP contribution is -2.65. The Kier molecular flexibility index (Phi) is 3.68. The zero-order chi connectivity index (χ0) is 17.8. The first kappa shape index (κ1) is 16.3. The predicted molar refractivity (Wildman–Crippen MR) is 99.3 cm³/mol. The van der Waals surface area contributed by atoms with Crippen molar-refractivity contribution in [2.24, 2.45) is 0 Å². The number of carbonyl (C=O) groups excluding carboxylic acids is 1. The second kappa shape index (κ2) is 5.66. The molecule has 4 rings (SSSR count). The van der Waals surface area contributed by atoms with Gasteiger partial charge in [0.05, 0.1) is 18.8 Å². The molecule has 2 amide bonds. The van der Waals surface area contributed by atoms with Crippen LogP contribution in [0.1, 0.15) is 30.5 Å². The third kappa shape index (κ3) is 2.47. The molecular formula is C19H19BrN2O3. The molecule has 5 nitrogen and oxygen atoms in total. The van der Waals surface area contributed by atoms with E-state index in [1.54, 1.807) is 12.0 Å². The number of carbonyl (C=O) groups is 1. The summed E-state index contributed by atoms with van der Waals surface area (Å²) in [6.45, 7) is 3.95. The molecule has 0 unspecified atom stereocenters. The summed E-state index contributed by atoms with van der Waals surface area (Å²) < 4.78 is 12.8. The number of hydrogen-bond acceptors (Lipinski definition) is 3. The van der Waals surface area contributed by atoms with Crippen LogP contribution >= 0.6 is 15.9 Å². The summed E-state index contributed by atoms with van der Waals surface area (Å²) in [4.78, 5) is 14.6. The summed E-state index contributed by atoms with van der Waals surface area (Å²) in [6, 6.07) is 11.4. The minimum Gasteiger partial charge on any atom is -0.493 e. The molecule has 0 aliphatic carbocycles. The van der Waals surface area contributed by atoms with Gasteiger partial charge in [0, 0.05) is 16.5 Å². The first-order chi connectivity index (χ1) is 11.9. The summed E-state index contributed by atoms with van der Waals surface area (Å²) in [5.41, 5.74) is 2.02. The molecule has 2 aromatic carbocycles. The van der Waals surface area contributed by atoms with Crippen LogP contribution in [0, 0.1) is 6.92 Å². The number of anilines is 1. The van der Waals surface area contributed by atoms with Crippen molar-refractivity contribution in [1.29, 1.82) is 0 Å². The zero-order valence-corrected chi connectivity index (χ0v) is 15.9. The predicted octanol–water partition coefficient (Wildman–Crippen LogP) is 4.54. The normalized spacial score (nSPS) is 24.2. The fraction of sp³-hybridized carbons (Fsp3) is 0.316. The Bertz CT molecular complexity index is 870. The minimum atomic E-state index is -0.785. The molecule has 2 heterocycles. The van der Waals surface area contributed by atoms with Gasteiger partial charge in [-0.15, -0.1) is 0 Å². The van der Waals surface area contributed by atoms with E-state index in [-0.39, 0.29) is 12.1 Å². The second-order valence-corrected chi connectivity index (χ2v) is 7.55. The van der Waals surface area contributed by atoms with Crippen molar-refractivity contribution < 1.29 is 14.3 Å². The largest absolute Gasteiger partial charge is 0.493 e. The average Bonchev–Trinajstić information content (AvgIpc) is 2.56. The molecule has 0 aromatic heterocycles. The van der Waals surface area contributed by atoms with Gasteiger partial charge in [-0.05, 0) is 37.6 Å². The fourth-order valence-electron chi connectivity index (χ4n) is 3.73. The third-order valence-corrected chi connectivity index (χ3v) is 5.34. The van der Waals surface area contributed by atoms with E-state index in [0.717, 1.165) is 21.3 Å². The van der Waals surface area contributed by atoms with Crippen LogP contribution in [0.25, 0.3) is 0 Å². The summed E-state index contributed by atoms with van der Waals surface area (Å²) in [7, 11) is 1.62. The Balaban J connectivity index is 1.86. The van der Waals surface area contributed by atoms with Crippen LogP contribution in [-0.4, -0.2) is 18.9 Å². The van der Waals surface area contributed by atoms with E-state index in [1.165, 1.54) is 0 Å². The highest BCUT2D eigenvalue weighted by Crippen LogP contribution is 2.50. The van der Waals surface area contributed by atoms with Gasteiger partial charge in [0.25, 0.3) is 0 Å². The highest BCUT2D eigenvalue weighted by molar-refractivity contribution is 9.10. The van der Waals surface area contributed by atoms with E-state index < -0.39 is 5.72 Å². The van der Waals surface area contributed by atoms with Gasteiger partial charge in [-0.25, -0.2) is 4.79 Å². The van der Waals surface area contributed by atoms with Gasteiger partial charge in [-0.3, -0.25) is 4.90 Å². The maximum Gasteiger partial charge on any atom is 0.325 e. The topological polar surface area (TPSA) is 50.8 Å². The van der Waals surface area contributed by atoms with Crippen LogP contribution in [0.4, 0.5) is 10.5 Å². The van der Waals surface area contributed by atoms with E-state index in [0.29, 0.717) is 17.9 Å². The molecule has 1 N–H and O–H groups in total. The van der Waals surface area contributed by atoms with Crippen LogP contribution in [0.2, 0.25) is 0 Å². The van der Waals surface area contributed by atoms with Crippen molar-refractivity contribution in [2.75, 3.05) is 12.0 Å². The minimum absolute atomic E-state index is 0.118. The van der Waals surface area contributed by atoms with Gasteiger partial charge >= 0.3 is 6.03 Å². The van der Waals surface area contributed by atoms with Crippen molar-refractivity contribution in [3.8, 4) is 11.5 Å². The number of halogens is 1. The number of benzene rings is 2. The van der Waals surface area contributed by atoms with Crippen molar-refractivity contribution in [1.82, 2.24) is 5.32 Å². The van der Waals surface area contributed by atoms with E-state index in [1.807, 2.05) is 50.2 Å². The average molecular weight is 403 g/mol. The Labute approximate surface area is 155 Å². The molecule has 2 aliphatic heterocycles. The number of amides is 2. The second-order valence-electron chi connectivity index (χ2n) is 6.63. The molecule has 1 fully saturated rings. The lowest BCUT2D eigenvalue weighted by molar-refractivity contribution is 0.0348. The molecule has 25 heavy (non-hydrogen) atoms. The summed E-state index contributed by atoms with van der Waals surface area (Å²) in [5.74, 6) is 1.34. The lowest BCUT2D eigenvalue weighted by Gasteiger charge is -2.51. The molecule has 6 heteroatoms. The molecule has 130 valence electrons. The Morgan fingerprint density at radius 1 is 1.36 bits per heavy atom. The first-order valence-electron chi connectivity index (χ1n) is 8.16. The van der Waals surface area contributed by atoms with Crippen molar-refractivity contribution in [3.05, 3.63) is 52.0 Å². The molecule has 0 saturated carbocycles. The standard InChI is InChI=1S/C19H19BrN2O3/c1-11-6-4-5-7-15(11)22-18(23)21-14-10-19(22,2)25-17-13(14)8-12(20)9-16(17)24-3/h4-9,14H,10H2,1-3H3,(H,21,23)/t14-,19+/m0/s1. The number of nitrogens with one attached hydrogen (secondary N) is 1. The summed E-state index contributed by atoms with van der Waals surface area (Å²) in [6.07, 6.45) is 0.652. The number of nitrogens with zero attached hydrogens (tertiary/aromatic N) is 1. The molecule has 2 aromatic rings. The molecule has 0 radical (unpaired) electrons. The van der Waals surface area contributed by atoms with Crippen LogP contribution < -0.4 is 19.7 Å². The van der Waals surface area contributed by atoms with Crippen LogP contribution in [-0.2, 0) is 0 Å². The van der Waals surface area contributed by atoms with Gasteiger partial charge in [0.2, 0.25) is 0 Å². The number of hydrogen-bond donors (Lipinski definition) is 1. The van der Waals surface area contributed by atoms with E-state index >= 15 is 0 Å².